The van der Waals surface area contributed by atoms with Crippen LogP contribution in [0, 0.1) is 6.92 Å². The van der Waals surface area contributed by atoms with Crippen molar-refractivity contribution in [2.45, 2.75) is 6.92 Å². The molecular formula is C18H19Cl2N3S. The highest BCUT2D eigenvalue weighted by Crippen LogP contribution is 2.23. The number of nitrogens with one attached hydrogen (secondary N) is 1. The first-order valence-electron chi connectivity index (χ1n) is 7.85. The van der Waals surface area contributed by atoms with E-state index in [1.54, 1.807) is 0 Å². The third-order valence-electron chi connectivity index (χ3n) is 4.18. The number of thiocarbonyl (C=S) groups is 1. The molecule has 1 heterocycles. The molecular weight excluding hydrogens is 361 g/mol. The molecule has 3 nitrogen and oxygen atoms in total. The third kappa shape index (κ3) is 4.12. The average molecular weight is 380 g/mol. The fourth-order valence-corrected chi connectivity index (χ4v) is 3.41. The van der Waals surface area contributed by atoms with Crippen molar-refractivity contribution in [1.29, 1.82) is 0 Å². The number of anilines is 2. The second kappa shape index (κ2) is 7.60. The molecule has 1 N–H and O–H groups in total. The molecule has 0 spiro atoms. The molecule has 0 amide bonds. The Morgan fingerprint density at radius 2 is 1.71 bits per heavy atom. The average Bonchev–Trinajstić information content (AvgIpc) is 2.58. The van der Waals surface area contributed by atoms with Gasteiger partial charge in [0.05, 0.1) is 0 Å². The van der Waals surface area contributed by atoms with Crippen molar-refractivity contribution in [3.63, 3.8) is 0 Å². The van der Waals surface area contributed by atoms with Gasteiger partial charge in [-0.15, -0.1) is 0 Å². The van der Waals surface area contributed by atoms with Crippen molar-refractivity contribution >= 4 is 51.9 Å². The van der Waals surface area contributed by atoms with Crippen LogP contribution in [0.1, 0.15) is 5.56 Å². The summed E-state index contributed by atoms with van der Waals surface area (Å²) in [6.07, 6.45) is 0. The first-order valence-corrected chi connectivity index (χ1v) is 9.02. The summed E-state index contributed by atoms with van der Waals surface area (Å²) in [4.78, 5) is 4.52. The Bertz CT molecular complexity index is 743. The molecule has 2 aromatic rings. The van der Waals surface area contributed by atoms with Gasteiger partial charge in [0, 0.05) is 47.6 Å². The second-order valence-electron chi connectivity index (χ2n) is 5.84. The summed E-state index contributed by atoms with van der Waals surface area (Å²) in [7, 11) is 0. The van der Waals surface area contributed by atoms with Crippen LogP contribution in [0.25, 0.3) is 0 Å². The number of hydrogen-bond donors (Lipinski definition) is 1. The molecule has 1 fully saturated rings. The van der Waals surface area contributed by atoms with Gasteiger partial charge < -0.3 is 15.1 Å². The van der Waals surface area contributed by atoms with Gasteiger partial charge in [-0.3, -0.25) is 0 Å². The van der Waals surface area contributed by atoms with Crippen LogP contribution in [-0.4, -0.2) is 36.2 Å². The predicted octanol–water partition coefficient (Wildman–Crippen LogP) is 4.82. The molecule has 126 valence electrons. The van der Waals surface area contributed by atoms with Crippen molar-refractivity contribution in [3.05, 3.63) is 58.1 Å². The highest BCUT2D eigenvalue weighted by molar-refractivity contribution is 7.80. The highest BCUT2D eigenvalue weighted by Gasteiger charge is 2.19. The number of piperazine rings is 1. The number of aryl methyl sites for hydroxylation is 1. The zero-order valence-corrected chi connectivity index (χ0v) is 15.8. The van der Waals surface area contributed by atoms with Crippen LogP contribution >= 0.6 is 35.4 Å². The maximum absolute atomic E-state index is 6.08. The Kier molecular flexibility index (Phi) is 5.49. The summed E-state index contributed by atoms with van der Waals surface area (Å²) in [5.74, 6) is 0. The van der Waals surface area contributed by atoms with Crippen LogP contribution in [0.5, 0.6) is 0 Å². The SMILES string of the molecule is Cc1ccc(Cl)cc1NC(=S)N1CCN(c2cccc(Cl)c2)CC1. The van der Waals surface area contributed by atoms with Crippen LogP contribution < -0.4 is 10.2 Å². The lowest BCUT2D eigenvalue weighted by Gasteiger charge is -2.37. The number of benzene rings is 2. The monoisotopic (exact) mass is 379 g/mol. The Morgan fingerprint density at radius 1 is 1.00 bits per heavy atom. The first kappa shape index (κ1) is 17.3. The molecule has 24 heavy (non-hydrogen) atoms. The summed E-state index contributed by atoms with van der Waals surface area (Å²) in [5, 5.41) is 5.53. The molecule has 2 aromatic carbocycles. The van der Waals surface area contributed by atoms with E-state index in [-0.39, 0.29) is 0 Å². The van der Waals surface area contributed by atoms with Crippen LogP contribution in [0.4, 0.5) is 11.4 Å². The van der Waals surface area contributed by atoms with E-state index in [1.807, 2.05) is 43.3 Å². The topological polar surface area (TPSA) is 18.5 Å². The fraction of sp³-hybridized carbons (Fsp3) is 0.278. The normalized spacial score (nSPS) is 14.6. The van der Waals surface area contributed by atoms with Crippen LogP contribution in [-0.2, 0) is 0 Å². The van der Waals surface area contributed by atoms with Crippen molar-refractivity contribution < 1.29 is 0 Å². The Balaban J connectivity index is 1.60. The van der Waals surface area contributed by atoms with Gasteiger partial charge in [0.15, 0.2) is 5.11 Å². The molecule has 1 aliphatic rings. The minimum absolute atomic E-state index is 0.705. The van der Waals surface area contributed by atoms with E-state index in [0.29, 0.717) is 5.02 Å². The van der Waals surface area contributed by atoms with Crippen molar-refractivity contribution in [2.24, 2.45) is 0 Å². The largest absolute Gasteiger partial charge is 0.368 e. The Morgan fingerprint density at radius 3 is 2.42 bits per heavy atom. The van der Waals surface area contributed by atoms with Crippen LogP contribution in [0.15, 0.2) is 42.5 Å². The standard InChI is InChI=1S/C18H19Cl2N3S/c1-13-5-6-15(20)12-17(13)21-18(24)23-9-7-22(8-10-23)16-4-2-3-14(19)11-16/h2-6,11-12H,7-10H2,1H3,(H,21,24). The minimum atomic E-state index is 0.705. The summed E-state index contributed by atoms with van der Waals surface area (Å²) < 4.78 is 0. The van der Waals surface area contributed by atoms with Gasteiger partial charge in [0.25, 0.3) is 0 Å². The van der Waals surface area contributed by atoms with E-state index >= 15 is 0 Å². The van der Waals surface area contributed by atoms with Crippen molar-refractivity contribution in [2.75, 3.05) is 36.4 Å². The zero-order valence-electron chi connectivity index (χ0n) is 13.4. The molecule has 0 bridgehead atoms. The summed E-state index contributed by atoms with van der Waals surface area (Å²) >= 11 is 17.7. The molecule has 3 rings (SSSR count). The zero-order chi connectivity index (χ0) is 17.1. The third-order valence-corrected chi connectivity index (χ3v) is 5.01. The number of hydrogen-bond acceptors (Lipinski definition) is 2. The van der Waals surface area contributed by atoms with E-state index in [2.05, 4.69) is 21.2 Å². The maximum atomic E-state index is 6.08. The molecule has 0 radical (unpaired) electrons. The van der Waals surface area contributed by atoms with E-state index in [4.69, 9.17) is 35.4 Å². The molecule has 1 saturated heterocycles. The highest BCUT2D eigenvalue weighted by atomic mass is 35.5. The summed E-state index contributed by atoms with van der Waals surface area (Å²) in [6.45, 7) is 5.61. The second-order valence-corrected chi connectivity index (χ2v) is 7.10. The summed E-state index contributed by atoms with van der Waals surface area (Å²) in [6, 6.07) is 13.8. The predicted molar refractivity (Wildman–Crippen MR) is 108 cm³/mol. The summed E-state index contributed by atoms with van der Waals surface area (Å²) in [5.41, 5.74) is 3.25. The molecule has 0 saturated carbocycles. The lowest BCUT2D eigenvalue weighted by atomic mass is 10.2. The van der Waals surface area contributed by atoms with E-state index < -0.39 is 0 Å². The fourth-order valence-electron chi connectivity index (χ4n) is 2.76. The van der Waals surface area contributed by atoms with Gasteiger partial charge in [-0.05, 0) is 55.0 Å². The van der Waals surface area contributed by atoms with Crippen molar-refractivity contribution in [3.8, 4) is 0 Å². The molecule has 0 aliphatic carbocycles. The molecule has 0 atom stereocenters. The van der Waals surface area contributed by atoms with Gasteiger partial charge in [-0.1, -0.05) is 35.3 Å². The number of nitrogens with zero attached hydrogens (tertiary/aromatic N) is 2. The number of rotatable bonds is 2. The number of halogens is 2. The molecule has 6 heteroatoms. The van der Waals surface area contributed by atoms with Crippen molar-refractivity contribution in [1.82, 2.24) is 4.90 Å². The van der Waals surface area contributed by atoms with E-state index in [9.17, 15) is 0 Å². The quantitative estimate of drug-likeness (QED) is 0.753. The van der Waals surface area contributed by atoms with Gasteiger partial charge in [-0.25, -0.2) is 0 Å². The first-order chi connectivity index (χ1) is 11.5. The molecule has 0 aromatic heterocycles. The van der Waals surface area contributed by atoms with Gasteiger partial charge in [-0.2, -0.15) is 0 Å². The van der Waals surface area contributed by atoms with Crippen LogP contribution in [0.2, 0.25) is 10.0 Å². The van der Waals surface area contributed by atoms with E-state index in [0.717, 1.165) is 53.3 Å². The smallest absolute Gasteiger partial charge is 0.173 e. The molecule has 0 unspecified atom stereocenters. The molecule has 1 aliphatic heterocycles. The lowest BCUT2D eigenvalue weighted by Crippen LogP contribution is -2.50. The lowest BCUT2D eigenvalue weighted by molar-refractivity contribution is 0.391. The Labute approximate surface area is 158 Å². The minimum Gasteiger partial charge on any atom is -0.368 e. The van der Waals surface area contributed by atoms with E-state index in [1.165, 1.54) is 0 Å². The Hall–Kier alpha value is -1.49. The van der Waals surface area contributed by atoms with Gasteiger partial charge >= 0.3 is 0 Å². The van der Waals surface area contributed by atoms with Gasteiger partial charge in [0.1, 0.15) is 0 Å². The van der Waals surface area contributed by atoms with Gasteiger partial charge in [0.2, 0.25) is 0 Å². The maximum Gasteiger partial charge on any atom is 0.173 e. The van der Waals surface area contributed by atoms with Crippen LogP contribution in [0.3, 0.4) is 0 Å².